The van der Waals surface area contributed by atoms with Gasteiger partial charge in [0, 0.05) is 24.5 Å². The van der Waals surface area contributed by atoms with Crippen molar-refractivity contribution < 1.29 is 4.74 Å². The summed E-state index contributed by atoms with van der Waals surface area (Å²) in [7, 11) is 0. The van der Waals surface area contributed by atoms with Crippen molar-refractivity contribution in [2.24, 2.45) is 0 Å². The molecule has 86 valence electrons. The molecule has 1 aromatic rings. The predicted molar refractivity (Wildman–Crippen MR) is 65.1 cm³/mol. The minimum atomic E-state index is 0.146. The third kappa shape index (κ3) is 3.44. The SMILES string of the molecule is CCOC(C)CNc1ccc(N)c(C#N)c1. The highest BCUT2D eigenvalue weighted by molar-refractivity contribution is 5.61. The Morgan fingerprint density at radius 3 is 2.94 bits per heavy atom. The van der Waals surface area contributed by atoms with Crippen LogP contribution in [-0.2, 0) is 4.74 Å². The Bertz CT molecular complexity index is 384. The second-order valence-corrected chi connectivity index (χ2v) is 3.56. The maximum Gasteiger partial charge on any atom is 0.101 e. The van der Waals surface area contributed by atoms with E-state index in [9.17, 15) is 0 Å². The standard InChI is InChI=1S/C12H17N3O/c1-3-16-9(2)8-15-11-4-5-12(14)10(6-11)7-13/h4-6,9,15H,3,8,14H2,1-2H3. The molecule has 1 rings (SSSR count). The summed E-state index contributed by atoms with van der Waals surface area (Å²) in [5.74, 6) is 0. The number of ether oxygens (including phenoxy) is 1. The predicted octanol–water partition coefficient (Wildman–Crippen LogP) is 1.98. The van der Waals surface area contributed by atoms with Crippen LogP contribution in [0.15, 0.2) is 18.2 Å². The molecule has 0 aliphatic heterocycles. The van der Waals surface area contributed by atoms with E-state index in [1.165, 1.54) is 0 Å². The van der Waals surface area contributed by atoms with E-state index in [0.717, 1.165) is 5.69 Å². The zero-order valence-corrected chi connectivity index (χ0v) is 9.66. The third-order valence-electron chi connectivity index (χ3n) is 2.22. The summed E-state index contributed by atoms with van der Waals surface area (Å²) in [4.78, 5) is 0. The van der Waals surface area contributed by atoms with Crippen molar-refractivity contribution in [3.63, 3.8) is 0 Å². The van der Waals surface area contributed by atoms with E-state index in [1.807, 2.05) is 19.9 Å². The molecule has 0 aliphatic rings. The molecule has 1 aromatic carbocycles. The fourth-order valence-corrected chi connectivity index (χ4v) is 1.37. The van der Waals surface area contributed by atoms with Gasteiger partial charge in [-0.1, -0.05) is 0 Å². The average molecular weight is 219 g/mol. The van der Waals surface area contributed by atoms with E-state index >= 15 is 0 Å². The topological polar surface area (TPSA) is 71.1 Å². The second-order valence-electron chi connectivity index (χ2n) is 3.56. The minimum absolute atomic E-state index is 0.146. The maximum absolute atomic E-state index is 8.82. The number of hydrogen-bond donors (Lipinski definition) is 2. The quantitative estimate of drug-likeness (QED) is 0.743. The fraction of sp³-hybridized carbons (Fsp3) is 0.417. The first kappa shape index (κ1) is 12.3. The number of anilines is 2. The number of rotatable bonds is 5. The number of nitrogens with zero attached hydrogens (tertiary/aromatic N) is 1. The zero-order chi connectivity index (χ0) is 12.0. The minimum Gasteiger partial charge on any atom is -0.398 e. The van der Waals surface area contributed by atoms with Crippen LogP contribution in [0.2, 0.25) is 0 Å². The molecule has 0 fully saturated rings. The summed E-state index contributed by atoms with van der Waals surface area (Å²) in [6.45, 7) is 5.38. The lowest BCUT2D eigenvalue weighted by Crippen LogP contribution is -2.19. The lowest BCUT2D eigenvalue weighted by Gasteiger charge is -2.13. The number of benzene rings is 1. The van der Waals surface area contributed by atoms with Gasteiger partial charge in [0.15, 0.2) is 0 Å². The van der Waals surface area contributed by atoms with Gasteiger partial charge in [-0.2, -0.15) is 5.26 Å². The molecule has 0 heterocycles. The van der Waals surface area contributed by atoms with Crippen LogP contribution in [0.25, 0.3) is 0 Å². The van der Waals surface area contributed by atoms with Crippen molar-refractivity contribution in [3.8, 4) is 6.07 Å². The van der Waals surface area contributed by atoms with Crippen molar-refractivity contribution in [1.82, 2.24) is 0 Å². The van der Waals surface area contributed by atoms with Crippen LogP contribution >= 0.6 is 0 Å². The van der Waals surface area contributed by atoms with E-state index < -0.39 is 0 Å². The normalized spacial score (nSPS) is 11.8. The van der Waals surface area contributed by atoms with Crippen molar-refractivity contribution in [2.45, 2.75) is 20.0 Å². The molecule has 4 heteroatoms. The van der Waals surface area contributed by atoms with Gasteiger partial charge in [-0.05, 0) is 32.0 Å². The molecule has 1 atom stereocenters. The van der Waals surface area contributed by atoms with Crippen LogP contribution < -0.4 is 11.1 Å². The van der Waals surface area contributed by atoms with Crippen LogP contribution in [0.5, 0.6) is 0 Å². The van der Waals surface area contributed by atoms with Gasteiger partial charge < -0.3 is 15.8 Å². The summed E-state index contributed by atoms with van der Waals surface area (Å²) in [6.07, 6.45) is 0.146. The van der Waals surface area contributed by atoms with Crippen molar-refractivity contribution >= 4 is 11.4 Å². The first-order valence-corrected chi connectivity index (χ1v) is 5.32. The van der Waals surface area contributed by atoms with Crippen LogP contribution in [0, 0.1) is 11.3 Å². The molecule has 0 bridgehead atoms. The Labute approximate surface area is 96.0 Å². The van der Waals surface area contributed by atoms with E-state index in [-0.39, 0.29) is 6.10 Å². The molecule has 1 unspecified atom stereocenters. The van der Waals surface area contributed by atoms with Crippen molar-refractivity contribution in [2.75, 3.05) is 24.2 Å². The van der Waals surface area contributed by atoms with Gasteiger partial charge in [0.2, 0.25) is 0 Å². The van der Waals surface area contributed by atoms with Crippen LogP contribution in [-0.4, -0.2) is 19.3 Å². The zero-order valence-electron chi connectivity index (χ0n) is 9.66. The molecule has 3 N–H and O–H groups in total. The highest BCUT2D eigenvalue weighted by atomic mass is 16.5. The molecule has 0 saturated carbocycles. The molecule has 0 aliphatic carbocycles. The fourth-order valence-electron chi connectivity index (χ4n) is 1.37. The van der Waals surface area contributed by atoms with E-state index in [2.05, 4.69) is 11.4 Å². The summed E-state index contributed by atoms with van der Waals surface area (Å²) >= 11 is 0. The van der Waals surface area contributed by atoms with Crippen molar-refractivity contribution in [1.29, 1.82) is 5.26 Å². The number of nitriles is 1. The Kier molecular flexibility index (Phi) is 4.62. The van der Waals surface area contributed by atoms with Gasteiger partial charge >= 0.3 is 0 Å². The monoisotopic (exact) mass is 219 g/mol. The van der Waals surface area contributed by atoms with Crippen molar-refractivity contribution in [3.05, 3.63) is 23.8 Å². The smallest absolute Gasteiger partial charge is 0.101 e. The van der Waals surface area contributed by atoms with Crippen LogP contribution in [0.4, 0.5) is 11.4 Å². The lowest BCUT2D eigenvalue weighted by molar-refractivity contribution is 0.0855. The van der Waals surface area contributed by atoms with E-state index in [4.69, 9.17) is 15.7 Å². The Balaban J connectivity index is 2.58. The molecule has 0 radical (unpaired) electrons. The molecule has 16 heavy (non-hydrogen) atoms. The molecule has 0 aromatic heterocycles. The molecule has 0 saturated heterocycles. The number of hydrogen-bond acceptors (Lipinski definition) is 4. The van der Waals surface area contributed by atoms with E-state index in [1.54, 1.807) is 12.1 Å². The van der Waals surface area contributed by atoms with Gasteiger partial charge in [0.1, 0.15) is 6.07 Å². The Morgan fingerprint density at radius 1 is 1.56 bits per heavy atom. The van der Waals surface area contributed by atoms with Gasteiger partial charge in [0.05, 0.1) is 11.7 Å². The summed E-state index contributed by atoms with van der Waals surface area (Å²) in [5, 5.41) is 12.0. The first-order chi connectivity index (χ1) is 7.67. The molecule has 4 nitrogen and oxygen atoms in total. The van der Waals surface area contributed by atoms with Gasteiger partial charge in [-0.25, -0.2) is 0 Å². The highest BCUT2D eigenvalue weighted by Gasteiger charge is 2.02. The maximum atomic E-state index is 8.82. The molecule has 0 spiro atoms. The lowest BCUT2D eigenvalue weighted by atomic mass is 10.2. The summed E-state index contributed by atoms with van der Waals surface area (Å²) in [6, 6.07) is 7.38. The van der Waals surface area contributed by atoms with Gasteiger partial charge in [-0.3, -0.25) is 0 Å². The van der Waals surface area contributed by atoms with E-state index in [0.29, 0.717) is 24.4 Å². The number of nitrogens with two attached hydrogens (primary N) is 1. The van der Waals surface area contributed by atoms with Crippen LogP contribution in [0.1, 0.15) is 19.4 Å². The van der Waals surface area contributed by atoms with Crippen LogP contribution in [0.3, 0.4) is 0 Å². The third-order valence-corrected chi connectivity index (χ3v) is 2.22. The largest absolute Gasteiger partial charge is 0.398 e. The van der Waals surface area contributed by atoms with Gasteiger partial charge in [-0.15, -0.1) is 0 Å². The Morgan fingerprint density at radius 2 is 2.31 bits per heavy atom. The summed E-state index contributed by atoms with van der Waals surface area (Å²) < 4.78 is 5.39. The first-order valence-electron chi connectivity index (χ1n) is 5.32. The average Bonchev–Trinajstić information content (AvgIpc) is 2.28. The number of nitrogens with one attached hydrogen (secondary N) is 1. The Hall–Kier alpha value is -1.73. The van der Waals surface area contributed by atoms with Gasteiger partial charge in [0.25, 0.3) is 0 Å². The number of nitrogen functional groups attached to an aromatic ring is 1. The highest BCUT2D eigenvalue weighted by Crippen LogP contribution is 2.16. The molecule has 0 amide bonds. The molecular formula is C12H17N3O. The summed E-state index contributed by atoms with van der Waals surface area (Å²) in [5.41, 5.74) is 7.52. The second kappa shape index (κ2) is 5.99. The molecular weight excluding hydrogens is 202 g/mol.